The van der Waals surface area contributed by atoms with Crippen LogP contribution in [0.1, 0.15) is 31.7 Å². The van der Waals surface area contributed by atoms with Gasteiger partial charge in [-0.15, -0.1) is 6.58 Å². The van der Waals surface area contributed by atoms with E-state index in [1.807, 2.05) is 18.2 Å². The Morgan fingerprint density at radius 1 is 1.41 bits per heavy atom. The number of halogens is 2. The van der Waals surface area contributed by atoms with Crippen LogP contribution in [0.15, 0.2) is 30.9 Å². The molecule has 1 saturated heterocycles. The Balaban J connectivity index is 1.97. The van der Waals surface area contributed by atoms with E-state index in [2.05, 4.69) is 24.9 Å². The molecule has 0 aromatic heterocycles. The maximum absolute atomic E-state index is 6.27. The number of hydrogen-bond donors (Lipinski definition) is 1. The van der Waals surface area contributed by atoms with Crippen molar-refractivity contribution in [1.29, 1.82) is 0 Å². The van der Waals surface area contributed by atoms with Crippen LogP contribution in [0, 0.1) is 5.41 Å². The quantitative estimate of drug-likeness (QED) is 0.765. The summed E-state index contributed by atoms with van der Waals surface area (Å²) in [5.41, 5.74) is 1.61. The highest BCUT2D eigenvalue weighted by Crippen LogP contribution is 2.70. The van der Waals surface area contributed by atoms with Crippen LogP contribution in [0.4, 0.5) is 0 Å². The number of benzene rings is 1. The van der Waals surface area contributed by atoms with E-state index in [1.165, 1.54) is 5.56 Å². The zero-order valence-corrected chi connectivity index (χ0v) is 14.5. The van der Waals surface area contributed by atoms with Crippen molar-refractivity contribution in [2.45, 2.75) is 37.7 Å². The van der Waals surface area contributed by atoms with Gasteiger partial charge < -0.3 is 10.1 Å². The van der Waals surface area contributed by atoms with Gasteiger partial charge in [0.25, 0.3) is 0 Å². The van der Waals surface area contributed by atoms with E-state index < -0.39 is 0 Å². The summed E-state index contributed by atoms with van der Waals surface area (Å²) in [5.74, 6) is 0. The molecule has 1 aromatic carbocycles. The average Bonchev–Trinajstić information content (AvgIpc) is 3.21. The number of fused-ring (bicyclic) bond motifs is 1. The average molecular weight is 340 g/mol. The van der Waals surface area contributed by atoms with E-state index in [0.717, 1.165) is 39.0 Å². The highest BCUT2D eigenvalue weighted by atomic mass is 35.5. The highest BCUT2D eigenvalue weighted by Gasteiger charge is 2.71. The van der Waals surface area contributed by atoms with Crippen molar-refractivity contribution in [1.82, 2.24) is 5.32 Å². The SMILES string of the molecule is C=CC[C@@H](OCC)C12CNCC[C@]1(c1ccc(Cl)c(Cl)c1)C2. The predicted molar refractivity (Wildman–Crippen MR) is 92.9 cm³/mol. The van der Waals surface area contributed by atoms with Crippen molar-refractivity contribution >= 4 is 23.2 Å². The Morgan fingerprint density at radius 3 is 2.91 bits per heavy atom. The van der Waals surface area contributed by atoms with Crippen LogP contribution in [-0.2, 0) is 10.2 Å². The van der Waals surface area contributed by atoms with Crippen LogP contribution < -0.4 is 5.32 Å². The Bertz CT molecular complexity index is 576. The van der Waals surface area contributed by atoms with Gasteiger partial charge in [0.2, 0.25) is 0 Å². The molecule has 1 aromatic rings. The molecule has 2 aliphatic rings. The number of hydrogen-bond acceptors (Lipinski definition) is 2. The van der Waals surface area contributed by atoms with Gasteiger partial charge in [0.1, 0.15) is 0 Å². The van der Waals surface area contributed by atoms with Gasteiger partial charge in [0, 0.05) is 24.0 Å². The van der Waals surface area contributed by atoms with Gasteiger partial charge in [0.15, 0.2) is 0 Å². The molecule has 1 N–H and O–H groups in total. The fourth-order valence-corrected chi connectivity index (χ4v) is 4.64. The molecule has 0 radical (unpaired) electrons. The van der Waals surface area contributed by atoms with E-state index in [0.29, 0.717) is 10.0 Å². The largest absolute Gasteiger partial charge is 0.378 e. The minimum atomic E-state index is 0.145. The first-order valence-corrected chi connectivity index (χ1v) is 8.74. The van der Waals surface area contributed by atoms with Gasteiger partial charge in [-0.1, -0.05) is 35.3 Å². The summed E-state index contributed by atoms with van der Waals surface area (Å²) in [5, 5.41) is 4.82. The molecular formula is C18H23Cl2NO. The maximum Gasteiger partial charge on any atom is 0.0686 e. The molecule has 0 spiro atoms. The van der Waals surface area contributed by atoms with E-state index in [-0.39, 0.29) is 16.9 Å². The molecule has 3 rings (SSSR count). The first kappa shape index (κ1) is 16.3. The lowest BCUT2D eigenvalue weighted by Gasteiger charge is -2.37. The molecule has 1 aliphatic carbocycles. The second kappa shape index (κ2) is 6.16. The first-order valence-electron chi connectivity index (χ1n) is 7.98. The summed E-state index contributed by atoms with van der Waals surface area (Å²) in [7, 11) is 0. The molecule has 4 heteroatoms. The van der Waals surface area contributed by atoms with Gasteiger partial charge in [-0.25, -0.2) is 0 Å². The molecule has 2 fully saturated rings. The third-order valence-corrected chi connectivity index (χ3v) is 6.19. The minimum absolute atomic E-state index is 0.145. The lowest BCUT2D eigenvalue weighted by Crippen LogP contribution is -2.45. The van der Waals surface area contributed by atoms with E-state index >= 15 is 0 Å². The van der Waals surface area contributed by atoms with Gasteiger partial charge in [-0.3, -0.25) is 0 Å². The zero-order valence-electron chi connectivity index (χ0n) is 13.0. The predicted octanol–water partition coefficient (Wildman–Crippen LogP) is 4.60. The monoisotopic (exact) mass is 339 g/mol. The normalized spacial score (nSPS) is 31.4. The van der Waals surface area contributed by atoms with Crippen molar-refractivity contribution < 1.29 is 4.74 Å². The van der Waals surface area contributed by atoms with Crippen LogP contribution in [0.3, 0.4) is 0 Å². The molecule has 1 aliphatic heterocycles. The molecule has 0 amide bonds. The molecule has 1 unspecified atom stereocenters. The van der Waals surface area contributed by atoms with Crippen LogP contribution in [0.2, 0.25) is 10.0 Å². The fraction of sp³-hybridized carbons (Fsp3) is 0.556. The summed E-state index contributed by atoms with van der Waals surface area (Å²) in [6, 6.07) is 6.11. The number of ether oxygens (including phenoxy) is 1. The smallest absolute Gasteiger partial charge is 0.0686 e. The number of rotatable bonds is 6. The molecule has 1 heterocycles. The zero-order chi connectivity index (χ0) is 15.8. The molecule has 120 valence electrons. The van der Waals surface area contributed by atoms with Gasteiger partial charge >= 0.3 is 0 Å². The second-order valence-corrected chi connectivity index (χ2v) is 7.25. The maximum atomic E-state index is 6.27. The van der Waals surface area contributed by atoms with Crippen molar-refractivity contribution in [2.75, 3.05) is 19.7 Å². The summed E-state index contributed by atoms with van der Waals surface area (Å²) < 4.78 is 6.10. The topological polar surface area (TPSA) is 21.3 Å². The van der Waals surface area contributed by atoms with Gasteiger partial charge in [0.05, 0.1) is 16.1 Å². The highest BCUT2D eigenvalue weighted by molar-refractivity contribution is 6.42. The summed E-state index contributed by atoms with van der Waals surface area (Å²) in [6.07, 6.45) is 5.33. The first-order chi connectivity index (χ1) is 10.6. The second-order valence-electron chi connectivity index (χ2n) is 6.44. The Hall–Kier alpha value is -0.540. The number of nitrogens with one attached hydrogen (secondary N) is 1. The molecule has 2 nitrogen and oxygen atoms in total. The van der Waals surface area contributed by atoms with E-state index in [9.17, 15) is 0 Å². The van der Waals surface area contributed by atoms with Gasteiger partial charge in [-0.2, -0.15) is 0 Å². The lowest BCUT2D eigenvalue weighted by atomic mass is 9.77. The molecule has 3 atom stereocenters. The third-order valence-electron chi connectivity index (χ3n) is 5.45. The third kappa shape index (κ3) is 2.41. The Kier molecular flexibility index (Phi) is 4.57. The van der Waals surface area contributed by atoms with Crippen LogP contribution in [0.25, 0.3) is 0 Å². The lowest BCUT2D eigenvalue weighted by molar-refractivity contribution is -0.00384. The molecule has 1 saturated carbocycles. The van der Waals surface area contributed by atoms with Crippen LogP contribution in [-0.4, -0.2) is 25.8 Å². The molecule has 0 bridgehead atoms. The van der Waals surface area contributed by atoms with Crippen molar-refractivity contribution in [3.05, 3.63) is 46.5 Å². The summed E-state index contributed by atoms with van der Waals surface area (Å²) in [4.78, 5) is 0. The van der Waals surface area contributed by atoms with Crippen molar-refractivity contribution in [3.63, 3.8) is 0 Å². The summed E-state index contributed by atoms with van der Waals surface area (Å²) >= 11 is 12.4. The van der Waals surface area contributed by atoms with Crippen molar-refractivity contribution in [2.24, 2.45) is 5.41 Å². The fourth-order valence-electron chi connectivity index (χ4n) is 4.35. The number of piperidine rings is 1. The van der Waals surface area contributed by atoms with Crippen molar-refractivity contribution in [3.8, 4) is 0 Å². The standard InChI is InChI=1S/C18H23Cl2NO/c1-3-5-16(22-4-2)18-11-17(18,8-9-21-12-18)13-6-7-14(19)15(20)10-13/h3,6-7,10,16,21H,1,4-5,8-9,11-12H2,2H3/t16-,17-,18?/m1/s1. The Morgan fingerprint density at radius 2 is 2.23 bits per heavy atom. The molecule has 22 heavy (non-hydrogen) atoms. The van der Waals surface area contributed by atoms with Crippen LogP contribution >= 0.6 is 23.2 Å². The molecular weight excluding hydrogens is 317 g/mol. The van der Waals surface area contributed by atoms with Gasteiger partial charge in [-0.05, 0) is 50.4 Å². The minimum Gasteiger partial charge on any atom is -0.378 e. The van der Waals surface area contributed by atoms with E-state index in [4.69, 9.17) is 27.9 Å². The summed E-state index contributed by atoms with van der Waals surface area (Å²) in [6.45, 7) is 8.73. The van der Waals surface area contributed by atoms with Crippen LogP contribution in [0.5, 0.6) is 0 Å². The Labute approximate surface area is 142 Å². The van der Waals surface area contributed by atoms with E-state index in [1.54, 1.807) is 0 Å².